The fourth-order valence-electron chi connectivity index (χ4n) is 2.66. The highest BCUT2D eigenvalue weighted by Crippen LogP contribution is 2.39. The summed E-state index contributed by atoms with van der Waals surface area (Å²) >= 11 is 6.46. The molecule has 0 amide bonds. The van der Waals surface area contributed by atoms with Gasteiger partial charge in [0.05, 0.1) is 12.1 Å². The Labute approximate surface area is 108 Å². The third-order valence-electron chi connectivity index (χ3n) is 3.48. The van der Waals surface area contributed by atoms with Crippen molar-refractivity contribution in [1.82, 2.24) is 5.32 Å². The van der Waals surface area contributed by atoms with Crippen molar-refractivity contribution in [3.05, 3.63) is 27.8 Å². The summed E-state index contributed by atoms with van der Waals surface area (Å²) < 4.78 is 5.54. The zero-order chi connectivity index (χ0) is 12.4. The highest BCUT2D eigenvalue weighted by Gasteiger charge is 2.23. The highest BCUT2D eigenvalue weighted by molar-refractivity contribution is 6.32. The normalized spacial score (nSPS) is 20.4. The van der Waals surface area contributed by atoms with Crippen LogP contribution in [0.2, 0.25) is 5.02 Å². The van der Waals surface area contributed by atoms with Crippen molar-refractivity contribution in [3.63, 3.8) is 0 Å². The van der Waals surface area contributed by atoms with Crippen LogP contribution < -0.4 is 10.1 Å². The van der Waals surface area contributed by atoms with Gasteiger partial charge in [-0.05, 0) is 44.4 Å². The number of rotatable bonds is 2. The Hall–Kier alpha value is -0.730. The lowest BCUT2D eigenvalue weighted by atomic mass is 9.93. The minimum atomic E-state index is 0.338. The molecule has 1 atom stereocenters. The Kier molecular flexibility index (Phi) is 3.95. The lowest BCUT2D eigenvalue weighted by molar-refractivity contribution is 0.371. The molecule has 1 aliphatic heterocycles. The molecule has 3 heteroatoms. The van der Waals surface area contributed by atoms with Gasteiger partial charge in [-0.25, -0.2) is 0 Å². The van der Waals surface area contributed by atoms with Gasteiger partial charge in [0.2, 0.25) is 0 Å². The highest BCUT2D eigenvalue weighted by atomic mass is 35.5. The molecule has 1 aromatic rings. The second-order valence-corrected chi connectivity index (χ2v) is 5.15. The third kappa shape index (κ3) is 2.43. The number of hydrogen-bond acceptors (Lipinski definition) is 2. The summed E-state index contributed by atoms with van der Waals surface area (Å²) in [6, 6.07) is 2.43. The van der Waals surface area contributed by atoms with Gasteiger partial charge in [-0.3, -0.25) is 0 Å². The van der Waals surface area contributed by atoms with Gasteiger partial charge < -0.3 is 10.1 Å². The molecule has 1 unspecified atom stereocenters. The van der Waals surface area contributed by atoms with Crippen molar-refractivity contribution in [1.29, 1.82) is 0 Å². The number of piperidine rings is 1. The number of hydrogen-bond donors (Lipinski definition) is 1. The number of methoxy groups -OCH3 is 1. The van der Waals surface area contributed by atoms with Gasteiger partial charge in [0.25, 0.3) is 0 Å². The van der Waals surface area contributed by atoms with Crippen molar-refractivity contribution < 1.29 is 4.74 Å². The molecule has 1 aromatic carbocycles. The molecule has 0 saturated carbocycles. The molecule has 1 heterocycles. The number of benzene rings is 1. The predicted octanol–water partition coefficient (Wildman–Crippen LogP) is 3.78. The van der Waals surface area contributed by atoms with Gasteiger partial charge in [0, 0.05) is 11.6 Å². The summed E-state index contributed by atoms with van der Waals surface area (Å²) in [6.45, 7) is 5.20. The van der Waals surface area contributed by atoms with Gasteiger partial charge in [-0.15, -0.1) is 0 Å². The van der Waals surface area contributed by atoms with Crippen LogP contribution in [-0.4, -0.2) is 13.7 Å². The fraction of sp³-hybridized carbons (Fsp3) is 0.571. The second kappa shape index (κ2) is 5.28. The first-order chi connectivity index (χ1) is 8.15. The van der Waals surface area contributed by atoms with Crippen LogP contribution in [0.1, 0.15) is 42.0 Å². The van der Waals surface area contributed by atoms with E-state index in [9.17, 15) is 0 Å². The third-order valence-corrected chi connectivity index (χ3v) is 3.98. The van der Waals surface area contributed by atoms with E-state index in [1.54, 1.807) is 7.11 Å². The van der Waals surface area contributed by atoms with Crippen LogP contribution in [-0.2, 0) is 0 Å². The van der Waals surface area contributed by atoms with E-state index < -0.39 is 0 Å². The van der Waals surface area contributed by atoms with Gasteiger partial charge in [-0.1, -0.05) is 24.1 Å². The van der Waals surface area contributed by atoms with E-state index in [1.807, 2.05) is 0 Å². The van der Waals surface area contributed by atoms with E-state index in [4.69, 9.17) is 16.3 Å². The van der Waals surface area contributed by atoms with Crippen molar-refractivity contribution in [2.75, 3.05) is 13.7 Å². The van der Waals surface area contributed by atoms with Crippen molar-refractivity contribution in [2.24, 2.45) is 0 Å². The smallest absolute Gasteiger partial charge is 0.128 e. The Bertz CT molecular complexity index is 411. The topological polar surface area (TPSA) is 21.3 Å². The molecular weight excluding hydrogens is 234 g/mol. The molecule has 0 bridgehead atoms. The lowest BCUT2D eigenvalue weighted by Gasteiger charge is -2.27. The molecule has 1 fully saturated rings. The van der Waals surface area contributed by atoms with E-state index in [1.165, 1.54) is 12.8 Å². The Balaban J connectivity index is 2.48. The average Bonchev–Trinajstić information content (AvgIpc) is 2.34. The standard InChI is InChI=1S/C14H20ClNO/c1-9-8-10(2)14(17-3)12(13(9)15)11-6-4-5-7-16-11/h8,11,16H,4-7H2,1-3H3. The molecule has 17 heavy (non-hydrogen) atoms. The van der Waals surface area contributed by atoms with E-state index >= 15 is 0 Å². The van der Waals surface area contributed by atoms with Crippen molar-refractivity contribution >= 4 is 11.6 Å². The van der Waals surface area contributed by atoms with Crippen molar-refractivity contribution in [2.45, 2.75) is 39.2 Å². The fourth-order valence-corrected chi connectivity index (χ4v) is 2.93. The molecule has 2 rings (SSSR count). The van der Waals surface area contributed by atoms with Gasteiger partial charge >= 0.3 is 0 Å². The lowest BCUT2D eigenvalue weighted by Crippen LogP contribution is -2.27. The van der Waals surface area contributed by atoms with Crippen LogP contribution in [0, 0.1) is 13.8 Å². The van der Waals surface area contributed by atoms with Crippen LogP contribution in [0.25, 0.3) is 0 Å². The molecule has 0 aliphatic carbocycles. The summed E-state index contributed by atoms with van der Waals surface area (Å²) in [5.74, 6) is 0.944. The monoisotopic (exact) mass is 253 g/mol. The second-order valence-electron chi connectivity index (χ2n) is 4.77. The summed E-state index contributed by atoms with van der Waals surface area (Å²) in [6.07, 6.45) is 3.64. The van der Waals surface area contributed by atoms with Gasteiger partial charge in [0.1, 0.15) is 5.75 Å². The molecule has 2 nitrogen and oxygen atoms in total. The summed E-state index contributed by atoms with van der Waals surface area (Å²) in [5.41, 5.74) is 3.44. The molecule has 1 aliphatic rings. The van der Waals surface area contributed by atoms with Crippen LogP contribution in [0.3, 0.4) is 0 Å². The summed E-state index contributed by atoms with van der Waals surface area (Å²) in [7, 11) is 1.72. The zero-order valence-corrected chi connectivity index (χ0v) is 11.5. The maximum absolute atomic E-state index is 6.46. The zero-order valence-electron chi connectivity index (χ0n) is 10.8. The van der Waals surface area contributed by atoms with Crippen molar-refractivity contribution in [3.8, 4) is 5.75 Å². The first-order valence-corrected chi connectivity index (χ1v) is 6.60. The van der Waals surface area contributed by atoms with Crippen LogP contribution >= 0.6 is 11.6 Å². The van der Waals surface area contributed by atoms with E-state index in [0.717, 1.165) is 40.4 Å². The van der Waals surface area contributed by atoms with E-state index in [0.29, 0.717) is 6.04 Å². The Morgan fingerprint density at radius 3 is 2.65 bits per heavy atom. The largest absolute Gasteiger partial charge is 0.496 e. The quantitative estimate of drug-likeness (QED) is 0.866. The first-order valence-electron chi connectivity index (χ1n) is 6.22. The minimum Gasteiger partial charge on any atom is -0.496 e. The van der Waals surface area contributed by atoms with Crippen LogP contribution in [0.5, 0.6) is 5.75 Å². The molecule has 0 aromatic heterocycles. The molecule has 94 valence electrons. The van der Waals surface area contributed by atoms with E-state index in [-0.39, 0.29) is 0 Å². The average molecular weight is 254 g/mol. The Morgan fingerprint density at radius 2 is 2.06 bits per heavy atom. The summed E-state index contributed by atoms with van der Waals surface area (Å²) in [4.78, 5) is 0. The molecule has 0 spiro atoms. The number of ether oxygens (including phenoxy) is 1. The number of halogens is 1. The molecular formula is C14H20ClNO. The van der Waals surface area contributed by atoms with E-state index in [2.05, 4.69) is 25.2 Å². The van der Waals surface area contributed by atoms with Crippen LogP contribution in [0.15, 0.2) is 6.07 Å². The van der Waals surface area contributed by atoms with Gasteiger partial charge in [-0.2, -0.15) is 0 Å². The Morgan fingerprint density at radius 1 is 1.29 bits per heavy atom. The maximum atomic E-state index is 6.46. The molecule has 0 radical (unpaired) electrons. The minimum absolute atomic E-state index is 0.338. The van der Waals surface area contributed by atoms with Crippen LogP contribution in [0.4, 0.5) is 0 Å². The SMILES string of the molecule is COc1c(C)cc(C)c(Cl)c1C1CCCCN1. The molecule has 1 saturated heterocycles. The molecule has 1 N–H and O–H groups in total. The maximum Gasteiger partial charge on any atom is 0.128 e. The first kappa shape index (κ1) is 12.7. The number of nitrogens with one attached hydrogen (secondary N) is 1. The number of aryl methyl sites for hydroxylation is 2. The summed E-state index contributed by atoms with van der Waals surface area (Å²) in [5, 5.41) is 4.39. The van der Waals surface area contributed by atoms with Gasteiger partial charge in [0.15, 0.2) is 0 Å². The predicted molar refractivity (Wildman–Crippen MR) is 72.1 cm³/mol.